The van der Waals surface area contributed by atoms with Gasteiger partial charge in [-0.1, -0.05) is 43.5 Å². The Bertz CT molecular complexity index is 548. The average molecular weight is 255 g/mol. The second-order valence-electron chi connectivity index (χ2n) is 5.56. The van der Waals surface area contributed by atoms with Crippen molar-refractivity contribution in [3.05, 3.63) is 36.0 Å². The molecule has 3 nitrogen and oxygen atoms in total. The zero-order chi connectivity index (χ0) is 13.2. The van der Waals surface area contributed by atoms with Crippen LogP contribution in [-0.4, -0.2) is 9.78 Å². The summed E-state index contributed by atoms with van der Waals surface area (Å²) in [4.78, 5) is 0. The van der Waals surface area contributed by atoms with Crippen molar-refractivity contribution in [3.63, 3.8) is 0 Å². The molecule has 1 saturated carbocycles. The largest absolute Gasteiger partial charge is 0.382 e. The molecule has 1 aromatic carbocycles. The van der Waals surface area contributed by atoms with Crippen LogP contribution in [0.15, 0.2) is 30.5 Å². The average Bonchev–Trinajstić information content (AvgIpc) is 2.79. The minimum atomic E-state index is 0.605. The summed E-state index contributed by atoms with van der Waals surface area (Å²) in [6.07, 6.45) is 8.82. The number of anilines is 1. The predicted molar refractivity (Wildman–Crippen MR) is 78.9 cm³/mol. The van der Waals surface area contributed by atoms with Crippen LogP contribution in [0.3, 0.4) is 0 Å². The Morgan fingerprint density at radius 2 is 1.79 bits per heavy atom. The Morgan fingerprint density at radius 3 is 2.37 bits per heavy atom. The van der Waals surface area contributed by atoms with Gasteiger partial charge in [0.2, 0.25) is 0 Å². The van der Waals surface area contributed by atoms with Gasteiger partial charge in [-0.2, -0.15) is 5.10 Å². The van der Waals surface area contributed by atoms with Crippen molar-refractivity contribution in [1.82, 2.24) is 9.78 Å². The summed E-state index contributed by atoms with van der Waals surface area (Å²) in [6.45, 7) is 0. The van der Waals surface area contributed by atoms with Crippen LogP contribution in [0.2, 0.25) is 0 Å². The number of aryl methyl sites for hydroxylation is 1. The third-order valence-electron chi connectivity index (χ3n) is 4.16. The topological polar surface area (TPSA) is 43.8 Å². The van der Waals surface area contributed by atoms with E-state index in [1.54, 1.807) is 4.68 Å². The molecule has 0 saturated heterocycles. The fourth-order valence-corrected chi connectivity index (χ4v) is 3.10. The number of nitrogens with two attached hydrogens (primary N) is 1. The first kappa shape index (κ1) is 12.3. The molecule has 1 aromatic heterocycles. The van der Waals surface area contributed by atoms with Crippen molar-refractivity contribution in [2.75, 3.05) is 5.73 Å². The van der Waals surface area contributed by atoms with Crippen LogP contribution < -0.4 is 5.73 Å². The van der Waals surface area contributed by atoms with Crippen molar-refractivity contribution < 1.29 is 0 Å². The molecule has 0 unspecified atom stereocenters. The lowest BCUT2D eigenvalue weighted by molar-refractivity contribution is 0.443. The lowest BCUT2D eigenvalue weighted by atomic mass is 9.84. The molecule has 1 aliphatic rings. The number of nitrogens with zero attached hydrogens (tertiary/aromatic N) is 2. The number of hydrogen-bond donors (Lipinski definition) is 1. The van der Waals surface area contributed by atoms with Crippen molar-refractivity contribution in [1.29, 1.82) is 0 Å². The van der Waals surface area contributed by atoms with Crippen LogP contribution in [0.1, 0.15) is 43.6 Å². The van der Waals surface area contributed by atoms with E-state index in [1.165, 1.54) is 37.7 Å². The van der Waals surface area contributed by atoms with E-state index >= 15 is 0 Å². The monoisotopic (exact) mass is 255 g/mol. The van der Waals surface area contributed by atoms with Crippen LogP contribution in [-0.2, 0) is 7.05 Å². The second kappa shape index (κ2) is 5.08. The standard InChI is InChI=1S/C16H21N3/c1-19-11-15(16(17)18-19)14-9-7-13(8-10-14)12-5-3-2-4-6-12/h7-12H,2-6H2,1H3,(H2,17,18). The van der Waals surface area contributed by atoms with Gasteiger partial charge in [-0.25, -0.2) is 0 Å². The zero-order valence-corrected chi connectivity index (χ0v) is 11.5. The molecule has 1 fully saturated rings. The van der Waals surface area contributed by atoms with E-state index in [0.717, 1.165) is 17.0 Å². The molecule has 2 N–H and O–H groups in total. The molecular formula is C16H21N3. The molecular weight excluding hydrogens is 234 g/mol. The van der Waals surface area contributed by atoms with Crippen LogP contribution in [0.25, 0.3) is 11.1 Å². The third kappa shape index (κ3) is 2.50. The predicted octanol–water partition coefficient (Wildman–Crippen LogP) is 3.72. The number of aromatic nitrogens is 2. The Morgan fingerprint density at radius 1 is 1.11 bits per heavy atom. The molecule has 2 aromatic rings. The summed E-state index contributed by atoms with van der Waals surface area (Å²) in [7, 11) is 1.90. The second-order valence-corrected chi connectivity index (χ2v) is 5.56. The number of nitrogen functional groups attached to an aromatic ring is 1. The van der Waals surface area contributed by atoms with E-state index < -0.39 is 0 Å². The summed E-state index contributed by atoms with van der Waals surface area (Å²) in [5, 5.41) is 4.19. The van der Waals surface area contributed by atoms with Gasteiger partial charge in [-0.15, -0.1) is 0 Å². The summed E-state index contributed by atoms with van der Waals surface area (Å²) in [5.74, 6) is 1.36. The highest BCUT2D eigenvalue weighted by atomic mass is 15.3. The summed E-state index contributed by atoms with van der Waals surface area (Å²) in [6, 6.07) is 8.88. The first-order valence-electron chi connectivity index (χ1n) is 7.13. The van der Waals surface area contributed by atoms with Crippen molar-refractivity contribution in [2.24, 2.45) is 7.05 Å². The fourth-order valence-electron chi connectivity index (χ4n) is 3.10. The highest BCUT2D eigenvalue weighted by Crippen LogP contribution is 2.34. The van der Waals surface area contributed by atoms with Crippen molar-refractivity contribution in [3.8, 4) is 11.1 Å². The zero-order valence-electron chi connectivity index (χ0n) is 11.5. The van der Waals surface area contributed by atoms with E-state index in [4.69, 9.17) is 5.73 Å². The minimum absolute atomic E-state index is 0.605. The van der Waals surface area contributed by atoms with Crippen molar-refractivity contribution in [2.45, 2.75) is 38.0 Å². The van der Waals surface area contributed by atoms with Crippen molar-refractivity contribution >= 4 is 5.82 Å². The number of hydrogen-bond acceptors (Lipinski definition) is 2. The summed E-state index contributed by atoms with van der Waals surface area (Å²) in [5.41, 5.74) is 9.58. The molecule has 100 valence electrons. The first-order valence-corrected chi connectivity index (χ1v) is 7.13. The van der Waals surface area contributed by atoms with Crippen LogP contribution in [0.5, 0.6) is 0 Å². The van der Waals surface area contributed by atoms with Gasteiger partial charge in [0.1, 0.15) is 0 Å². The van der Waals surface area contributed by atoms with E-state index in [-0.39, 0.29) is 0 Å². The number of benzene rings is 1. The smallest absolute Gasteiger partial charge is 0.153 e. The van der Waals surface area contributed by atoms with E-state index in [1.807, 2.05) is 13.2 Å². The normalized spacial score (nSPS) is 16.7. The first-order chi connectivity index (χ1) is 9.24. The van der Waals surface area contributed by atoms with Gasteiger partial charge in [-0.3, -0.25) is 4.68 Å². The summed E-state index contributed by atoms with van der Waals surface area (Å²) >= 11 is 0. The van der Waals surface area contributed by atoms with Gasteiger partial charge in [0, 0.05) is 18.8 Å². The molecule has 0 spiro atoms. The van der Waals surface area contributed by atoms with Gasteiger partial charge in [0.05, 0.1) is 0 Å². The lowest BCUT2D eigenvalue weighted by Gasteiger charge is -2.22. The van der Waals surface area contributed by atoms with Gasteiger partial charge in [0.25, 0.3) is 0 Å². The summed E-state index contributed by atoms with van der Waals surface area (Å²) < 4.78 is 1.76. The third-order valence-corrected chi connectivity index (χ3v) is 4.16. The maximum Gasteiger partial charge on any atom is 0.153 e. The highest BCUT2D eigenvalue weighted by molar-refractivity contribution is 5.73. The van der Waals surface area contributed by atoms with Crippen LogP contribution >= 0.6 is 0 Å². The Kier molecular flexibility index (Phi) is 3.28. The Labute approximate surface area is 114 Å². The molecule has 0 atom stereocenters. The number of rotatable bonds is 2. The maximum atomic E-state index is 5.92. The van der Waals surface area contributed by atoms with Gasteiger partial charge < -0.3 is 5.73 Å². The maximum absolute atomic E-state index is 5.92. The van der Waals surface area contributed by atoms with E-state index in [2.05, 4.69) is 29.4 Å². The molecule has 1 aliphatic carbocycles. The molecule has 0 radical (unpaired) electrons. The quantitative estimate of drug-likeness (QED) is 0.888. The molecule has 3 rings (SSSR count). The van der Waals surface area contributed by atoms with E-state index in [9.17, 15) is 0 Å². The molecule has 0 bridgehead atoms. The fraction of sp³-hybridized carbons (Fsp3) is 0.438. The Hall–Kier alpha value is -1.77. The molecule has 1 heterocycles. The SMILES string of the molecule is Cn1cc(-c2ccc(C3CCCCC3)cc2)c(N)n1. The highest BCUT2D eigenvalue weighted by Gasteiger charge is 2.15. The van der Waals surface area contributed by atoms with Gasteiger partial charge >= 0.3 is 0 Å². The molecule has 0 amide bonds. The van der Waals surface area contributed by atoms with E-state index in [0.29, 0.717) is 5.82 Å². The molecule has 19 heavy (non-hydrogen) atoms. The molecule has 3 heteroatoms. The minimum Gasteiger partial charge on any atom is -0.382 e. The molecule has 0 aliphatic heterocycles. The van der Waals surface area contributed by atoms with Crippen LogP contribution in [0.4, 0.5) is 5.82 Å². The Balaban J connectivity index is 1.84. The van der Waals surface area contributed by atoms with Gasteiger partial charge in [-0.05, 0) is 29.9 Å². The van der Waals surface area contributed by atoms with Gasteiger partial charge in [0.15, 0.2) is 5.82 Å². The van der Waals surface area contributed by atoms with Crippen LogP contribution in [0, 0.1) is 0 Å². The lowest BCUT2D eigenvalue weighted by Crippen LogP contribution is -2.04.